The van der Waals surface area contributed by atoms with Gasteiger partial charge in [0.2, 0.25) is 5.91 Å². The van der Waals surface area contributed by atoms with E-state index in [2.05, 4.69) is 26.7 Å². The van der Waals surface area contributed by atoms with Gasteiger partial charge in [-0.25, -0.2) is 8.78 Å². The van der Waals surface area contributed by atoms with Gasteiger partial charge in [0.1, 0.15) is 35.2 Å². The van der Waals surface area contributed by atoms with Crippen LogP contribution in [0.4, 0.5) is 14.6 Å². The summed E-state index contributed by atoms with van der Waals surface area (Å²) in [6, 6.07) is 5.93. The highest BCUT2D eigenvalue weighted by Gasteiger charge is 2.50. The number of likely N-dealkylation sites (N-methyl/N-ethyl adjacent to an activating group) is 1. The van der Waals surface area contributed by atoms with Gasteiger partial charge in [0.15, 0.2) is 5.82 Å². The molecule has 0 aliphatic carbocycles. The number of nitrogens with zero attached hydrogens (tertiary/aromatic N) is 6. The van der Waals surface area contributed by atoms with E-state index in [1.807, 2.05) is 7.05 Å². The minimum atomic E-state index is -0.730. The van der Waals surface area contributed by atoms with Gasteiger partial charge in [-0.1, -0.05) is 18.7 Å². The van der Waals surface area contributed by atoms with E-state index in [0.717, 1.165) is 45.2 Å². The zero-order chi connectivity index (χ0) is 35.1. The molecule has 5 aliphatic heterocycles. The first kappa shape index (κ1) is 32.4. The summed E-state index contributed by atoms with van der Waals surface area (Å²) < 4.78 is 44.9. The van der Waals surface area contributed by atoms with Crippen molar-refractivity contribution in [3.63, 3.8) is 0 Å². The molecule has 7 heterocycles. The predicted octanol–water partition coefficient (Wildman–Crippen LogP) is 4.65. The number of halogens is 2. The fraction of sp³-hybridized carbons (Fsp3) is 0.474. The van der Waals surface area contributed by atoms with Crippen LogP contribution in [0.1, 0.15) is 44.1 Å². The van der Waals surface area contributed by atoms with Gasteiger partial charge in [-0.05, 0) is 62.2 Å². The second kappa shape index (κ2) is 12.1. The van der Waals surface area contributed by atoms with E-state index in [-0.39, 0.29) is 63.2 Å². The van der Waals surface area contributed by atoms with E-state index in [0.29, 0.717) is 61.2 Å². The van der Waals surface area contributed by atoms with Crippen LogP contribution in [0.15, 0.2) is 37.0 Å². The molecule has 0 unspecified atom stereocenters. The molecule has 2 spiro atoms. The SMILES string of the molecule is C=Cc1c(F)ccc2cc(O)cc(-c3ncc4c5nc(nc4c3F)OC[C@]34CCCN3C[C@@H](C4)OCCC(=O)N(C)C[C@]34CC[C@H](CN5C3)N4)c12. The van der Waals surface area contributed by atoms with Crippen molar-refractivity contribution in [2.75, 3.05) is 57.9 Å². The van der Waals surface area contributed by atoms with Crippen molar-refractivity contribution in [1.82, 2.24) is 30.1 Å². The molecule has 11 nitrogen and oxygen atoms in total. The van der Waals surface area contributed by atoms with Crippen molar-refractivity contribution in [3.8, 4) is 23.0 Å². The summed E-state index contributed by atoms with van der Waals surface area (Å²) in [4.78, 5) is 33.9. The van der Waals surface area contributed by atoms with Crippen molar-refractivity contribution in [2.24, 2.45) is 0 Å². The Labute approximate surface area is 294 Å². The van der Waals surface area contributed by atoms with Crippen molar-refractivity contribution >= 4 is 39.5 Å². The zero-order valence-corrected chi connectivity index (χ0v) is 28.6. The molecule has 4 aromatic rings. The van der Waals surface area contributed by atoms with Gasteiger partial charge in [-0.3, -0.25) is 14.7 Å². The third-order valence-corrected chi connectivity index (χ3v) is 11.8. The molecule has 0 radical (unpaired) electrons. The normalized spacial score (nSPS) is 28.3. The second-order valence-electron chi connectivity index (χ2n) is 15.1. The Morgan fingerprint density at radius 3 is 2.90 bits per heavy atom. The molecule has 4 saturated heterocycles. The minimum Gasteiger partial charge on any atom is -0.508 e. The van der Waals surface area contributed by atoms with Crippen LogP contribution in [-0.2, 0) is 9.53 Å². The fourth-order valence-electron chi connectivity index (χ4n) is 9.50. The molecule has 2 aromatic heterocycles. The molecule has 2 aromatic carbocycles. The van der Waals surface area contributed by atoms with Gasteiger partial charge in [-0.2, -0.15) is 9.97 Å². The monoisotopic (exact) mass is 697 g/mol. The van der Waals surface area contributed by atoms with Crippen LogP contribution >= 0.6 is 0 Å². The third-order valence-electron chi connectivity index (χ3n) is 11.8. The largest absolute Gasteiger partial charge is 0.508 e. The van der Waals surface area contributed by atoms with E-state index in [4.69, 9.17) is 19.4 Å². The van der Waals surface area contributed by atoms with Gasteiger partial charge in [0, 0.05) is 62.0 Å². The average molecular weight is 698 g/mol. The lowest BCUT2D eigenvalue weighted by molar-refractivity contribution is -0.132. The summed E-state index contributed by atoms with van der Waals surface area (Å²) in [6.45, 7) is 7.82. The van der Waals surface area contributed by atoms with E-state index in [9.17, 15) is 9.90 Å². The van der Waals surface area contributed by atoms with Crippen LogP contribution in [0.2, 0.25) is 0 Å². The fourth-order valence-corrected chi connectivity index (χ4v) is 9.50. The molecule has 13 heteroatoms. The maximum atomic E-state index is 17.1. The first-order valence-electron chi connectivity index (χ1n) is 17.8. The number of rotatable bonds is 2. The van der Waals surface area contributed by atoms with Crippen molar-refractivity contribution in [2.45, 2.75) is 61.7 Å². The summed E-state index contributed by atoms with van der Waals surface area (Å²) in [5.41, 5.74) is -0.323. The summed E-state index contributed by atoms with van der Waals surface area (Å²) >= 11 is 0. The number of pyridine rings is 1. The van der Waals surface area contributed by atoms with E-state index in [1.165, 1.54) is 30.3 Å². The number of amides is 1. The molecule has 1 amide bonds. The highest BCUT2D eigenvalue weighted by atomic mass is 19.1. The van der Waals surface area contributed by atoms with Gasteiger partial charge in [-0.15, -0.1) is 0 Å². The number of ether oxygens (including phenoxy) is 2. The molecule has 5 aliphatic rings. The summed E-state index contributed by atoms with van der Waals surface area (Å²) in [5.74, 6) is -0.806. The van der Waals surface area contributed by atoms with E-state index < -0.39 is 11.6 Å². The Morgan fingerprint density at radius 1 is 1.16 bits per heavy atom. The first-order valence-corrected chi connectivity index (χ1v) is 17.8. The van der Waals surface area contributed by atoms with E-state index in [1.54, 1.807) is 11.1 Å². The lowest BCUT2D eigenvalue weighted by atomic mass is 9.94. The smallest absolute Gasteiger partial charge is 0.319 e. The summed E-state index contributed by atoms with van der Waals surface area (Å²) in [6.07, 6.45) is 7.75. The number of aromatic nitrogens is 3. The number of piperazine rings is 1. The van der Waals surface area contributed by atoms with Crippen molar-refractivity contribution in [3.05, 3.63) is 54.2 Å². The third kappa shape index (κ3) is 5.39. The van der Waals surface area contributed by atoms with Gasteiger partial charge < -0.3 is 29.7 Å². The van der Waals surface area contributed by atoms with Crippen LogP contribution in [0.5, 0.6) is 11.8 Å². The second-order valence-corrected chi connectivity index (χ2v) is 15.1. The number of aromatic hydroxyl groups is 1. The number of hydrogen-bond donors (Lipinski definition) is 2. The molecule has 0 saturated carbocycles. The highest BCUT2D eigenvalue weighted by molar-refractivity contribution is 6.04. The Balaban J connectivity index is 1.20. The molecule has 4 atom stereocenters. The molecule has 4 fully saturated rings. The Bertz CT molecular complexity index is 2100. The van der Waals surface area contributed by atoms with Crippen molar-refractivity contribution in [1.29, 1.82) is 0 Å². The molecule has 266 valence electrons. The quantitative estimate of drug-likeness (QED) is 0.307. The highest BCUT2D eigenvalue weighted by Crippen LogP contribution is 2.43. The topological polar surface area (TPSA) is 116 Å². The first-order chi connectivity index (χ1) is 24.6. The summed E-state index contributed by atoms with van der Waals surface area (Å²) in [7, 11) is 1.85. The molecular formula is C38H41F2N7O4. The van der Waals surface area contributed by atoms with Crippen LogP contribution in [-0.4, -0.2) is 112 Å². The average Bonchev–Trinajstić information content (AvgIpc) is 3.76. The number of nitrogens with one attached hydrogen (secondary N) is 1. The number of benzene rings is 2. The Kier molecular flexibility index (Phi) is 7.67. The molecule has 51 heavy (non-hydrogen) atoms. The van der Waals surface area contributed by atoms with Gasteiger partial charge in [0.05, 0.1) is 35.6 Å². The van der Waals surface area contributed by atoms with Gasteiger partial charge in [0.25, 0.3) is 0 Å². The lowest BCUT2D eigenvalue weighted by Gasteiger charge is -2.44. The predicted molar refractivity (Wildman–Crippen MR) is 189 cm³/mol. The molecule has 7 bridgehead atoms. The number of phenolic OH excluding ortho intramolecular Hbond substituents is 1. The maximum absolute atomic E-state index is 17.1. The van der Waals surface area contributed by atoms with Gasteiger partial charge >= 0.3 is 6.01 Å². The number of carbonyl (C=O) groups is 1. The van der Waals surface area contributed by atoms with Crippen LogP contribution in [0.25, 0.3) is 39.0 Å². The molecule has 2 N–H and O–H groups in total. The number of hydrogen-bond acceptors (Lipinski definition) is 10. The van der Waals surface area contributed by atoms with E-state index >= 15 is 8.78 Å². The zero-order valence-electron chi connectivity index (χ0n) is 28.6. The van der Waals surface area contributed by atoms with Crippen LogP contribution in [0, 0.1) is 11.6 Å². The molecule has 9 rings (SSSR count). The Morgan fingerprint density at radius 2 is 2.04 bits per heavy atom. The minimum absolute atomic E-state index is 0.0200. The number of phenols is 1. The Hall–Kier alpha value is -4.46. The van der Waals surface area contributed by atoms with Crippen LogP contribution < -0.4 is 15.0 Å². The number of fused-ring (bicyclic) bond motifs is 9. The lowest BCUT2D eigenvalue weighted by Crippen LogP contribution is -2.64. The van der Waals surface area contributed by atoms with Crippen molar-refractivity contribution < 1.29 is 28.2 Å². The summed E-state index contributed by atoms with van der Waals surface area (Å²) in [5, 5.41) is 15.8. The number of carbonyl (C=O) groups excluding carboxylic acids is 1. The standard InChI is InChI=1S/C38H41F2N7O4/c1-3-26-29(39)6-5-22-13-24(48)14-27(31(22)26)33-32(40)34-28(16-41-33)35-43-36(42-34)51-21-38-9-4-11-47(38)18-25(15-38)50-12-8-30(49)45(2)19-37-10-7-23(44-37)17-46(35)20-37/h3,5-6,13-14,16,23,25,44,48H,1,4,7-12,15,17-21H2,2H3/t23-,25-,37-,38-/m1/s1. The molecular weight excluding hydrogens is 656 g/mol. The maximum Gasteiger partial charge on any atom is 0.319 e. The number of anilines is 1. The van der Waals surface area contributed by atoms with Crippen LogP contribution in [0.3, 0.4) is 0 Å².